The SMILES string of the molecule is COc1cc(/C=N\NC(=O)c2cccc3ccccc23)ccc1OCc1ccc(C(=O)O)cc1. The standard InChI is InChI=1S/C27H22N2O5/c1-33-25-15-19(11-14-24(25)34-17-18-9-12-21(13-10-18)27(31)32)16-28-29-26(30)23-8-4-6-20-5-2-3-7-22(20)23/h2-16H,17H2,1H3,(H,29,30)(H,31,32)/b28-16-. The summed E-state index contributed by atoms with van der Waals surface area (Å²) in [5.74, 6) is -0.234. The van der Waals surface area contributed by atoms with Crippen LogP contribution in [-0.2, 0) is 6.61 Å². The Kier molecular flexibility index (Phi) is 6.84. The molecule has 170 valence electrons. The molecule has 0 aliphatic carbocycles. The average molecular weight is 454 g/mol. The summed E-state index contributed by atoms with van der Waals surface area (Å²) in [6, 6.07) is 25.0. The molecule has 0 aromatic heterocycles. The molecule has 7 nitrogen and oxygen atoms in total. The molecular formula is C27H22N2O5. The molecule has 4 aromatic carbocycles. The van der Waals surface area contributed by atoms with Gasteiger partial charge in [-0.1, -0.05) is 48.5 Å². The first-order valence-corrected chi connectivity index (χ1v) is 10.5. The van der Waals surface area contributed by atoms with Crippen molar-refractivity contribution < 1.29 is 24.2 Å². The van der Waals surface area contributed by atoms with E-state index in [9.17, 15) is 9.59 Å². The second-order valence-electron chi connectivity index (χ2n) is 7.43. The summed E-state index contributed by atoms with van der Waals surface area (Å²) in [4.78, 5) is 23.6. The Bertz CT molecular complexity index is 1360. The lowest BCUT2D eigenvalue weighted by atomic mass is 10.0. The number of methoxy groups -OCH3 is 1. The van der Waals surface area contributed by atoms with Crippen LogP contribution in [0.4, 0.5) is 0 Å². The van der Waals surface area contributed by atoms with Crippen LogP contribution >= 0.6 is 0 Å². The van der Waals surface area contributed by atoms with Crippen molar-refractivity contribution >= 4 is 28.9 Å². The first-order valence-electron chi connectivity index (χ1n) is 10.5. The number of fused-ring (bicyclic) bond motifs is 1. The molecule has 0 radical (unpaired) electrons. The Balaban J connectivity index is 1.40. The van der Waals surface area contributed by atoms with Crippen LogP contribution in [0.3, 0.4) is 0 Å². The number of hydrazone groups is 1. The molecule has 0 aliphatic rings. The minimum Gasteiger partial charge on any atom is -0.493 e. The molecule has 34 heavy (non-hydrogen) atoms. The molecule has 0 atom stereocenters. The number of carbonyl (C=O) groups excluding carboxylic acids is 1. The Morgan fingerprint density at radius 3 is 2.47 bits per heavy atom. The highest BCUT2D eigenvalue weighted by molar-refractivity contribution is 6.07. The van der Waals surface area contributed by atoms with Crippen molar-refractivity contribution in [3.05, 3.63) is 107 Å². The molecule has 4 aromatic rings. The third kappa shape index (κ3) is 5.21. The highest BCUT2D eigenvalue weighted by atomic mass is 16.5. The van der Waals surface area contributed by atoms with Gasteiger partial charge in [0.05, 0.1) is 18.9 Å². The molecule has 0 fully saturated rings. The monoisotopic (exact) mass is 454 g/mol. The fraction of sp³-hybridized carbons (Fsp3) is 0.0741. The quantitative estimate of drug-likeness (QED) is 0.292. The molecule has 4 rings (SSSR count). The van der Waals surface area contributed by atoms with Gasteiger partial charge in [0, 0.05) is 5.56 Å². The maximum atomic E-state index is 12.6. The predicted octanol–water partition coefficient (Wildman–Crippen LogP) is 4.89. The first-order chi connectivity index (χ1) is 16.5. The van der Waals surface area contributed by atoms with Crippen molar-refractivity contribution in [1.82, 2.24) is 5.43 Å². The first kappa shape index (κ1) is 22.5. The lowest BCUT2D eigenvalue weighted by Crippen LogP contribution is -2.17. The van der Waals surface area contributed by atoms with Crippen LogP contribution in [0.25, 0.3) is 10.8 Å². The lowest BCUT2D eigenvalue weighted by molar-refractivity contribution is 0.0696. The fourth-order valence-electron chi connectivity index (χ4n) is 3.44. The van der Waals surface area contributed by atoms with Gasteiger partial charge in [-0.3, -0.25) is 4.79 Å². The number of nitrogens with zero attached hydrogens (tertiary/aromatic N) is 1. The van der Waals surface area contributed by atoms with Crippen molar-refractivity contribution in [2.75, 3.05) is 7.11 Å². The summed E-state index contributed by atoms with van der Waals surface area (Å²) in [5, 5.41) is 14.9. The Morgan fingerprint density at radius 2 is 1.71 bits per heavy atom. The van der Waals surface area contributed by atoms with E-state index in [1.165, 1.54) is 25.5 Å². The van der Waals surface area contributed by atoms with Gasteiger partial charge in [0.25, 0.3) is 5.91 Å². The van der Waals surface area contributed by atoms with Gasteiger partial charge in [0.2, 0.25) is 0 Å². The van der Waals surface area contributed by atoms with Crippen LogP contribution in [0.1, 0.15) is 31.8 Å². The fourth-order valence-corrected chi connectivity index (χ4v) is 3.44. The molecule has 7 heteroatoms. The Morgan fingerprint density at radius 1 is 0.941 bits per heavy atom. The van der Waals surface area contributed by atoms with Crippen LogP contribution < -0.4 is 14.9 Å². The molecular weight excluding hydrogens is 432 g/mol. The summed E-state index contributed by atoms with van der Waals surface area (Å²) < 4.78 is 11.2. The smallest absolute Gasteiger partial charge is 0.335 e. The summed E-state index contributed by atoms with van der Waals surface area (Å²) in [7, 11) is 1.53. The van der Waals surface area contributed by atoms with Gasteiger partial charge in [-0.15, -0.1) is 0 Å². The van der Waals surface area contributed by atoms with E-state index in [-0.39, 0.29) is 18.1 Å². The van der Waals surface area contributed by atoms with E-state index >= 15 is 0 Å². The van der Waals surface area contributed by atoms with E-state index in [0.717, 1.165) is 16.3 Å². The van der Waals surface area contributed by atoms with Gasteiger partial charge in [0.15, 0.2) is 11.5 Å². The van der Waals surface area contributed by atoms with Crippen LogP contribution in [0.5, 0.6) is 11.5 Å². The van der Waals surface area contributed by atoms with Gasteiger partial charge in [0.1, 0.15) is 6.61 Å². The van der Waals surface area contributed by atoms with Gasteiger partial charge in [-0.05, 0) is 58.3 Å². The van der Waals surface area contributed by atoms with E-state index in [0.29, 0.717) is 22.6 Å². The summed E-state index contributed by atoms with van der Waals surface area (Å²) in [6.07, 6.45) is 1.53. The number of hydrogen-bond acceptors (Lipinski definition) is 5. The number of nitrogens with one attached hydrogen (secondary N) is 1. The number of benzene rings is 4. The number of carboxylic acid groups (broad SMARTS) is 1. The normalized spacial score (nSPS) is 10.9. The number of rotatable bonds is 8. The molecule has 1 amide bonds. The van der Waals surface area contributed by atoms with Crippen LogP contribution in [0.15, 0.2) is 90.0 Å². The minimum atomic E-state index is -0.972. The third-order valence-electron chi connectivity index (χ3n) is 5.20. The maximum Gasteiger partial charge on any atom is 0.335 e. The van der Waals surface area contributed by atoms with E-state index < -0.39 is 5.97 Å². The molecule has 0 unspecified atom stereocenters. The van der Waals surface area contributed by atoms with Crippen molar-refractivity contribution in [3.8, 4) is 11.5 Å². The zero-order valence-corrected chi connectivity index (χ0v) is 18.4. The van der Waals surface area contributed by atoms with Crippen molar-refractivity contribution in [1.29, 1.82) is 0 Å². The minimum absolute atomic E-state index is 0.220. The molecule has 0 saturated carbocycles. The van der Waals surface area contributed by atoms with Crippen LogP contribution in [0, 0.1) is 0 Å². The second kappa shape index (κ2) is 10.3. The molecule has 2 N–H and O–H groups in total. The number of amides is 1. The predicted molar refractivity (Wildman–Crippen MR) is 130 cm³/mol. The largest absolute Gasteiger partial charge is 0.493 e. The molecule has 0 heterocycles. The van der Waals surface area contributed by atoms with Gasteiger partial charge < -0.3 is 14.6 Å². The zero-order chi connectivity index (χ0) is 23.9. The zero-order valence-electron chi connectivity index (χ0n) is 18.4. The second-order valence-corrected chi connectivity index (χ2v) is 7.43. The third-order valence-corrected chi connectivity index (χ3v) is 5.20. The molecule has 0 bridgehead atoms. The van der Waals surface area contributed by atoms with Gasteiger partial charge in [-0.25, -0.2) is 10.2 Å². The number of carbonyl (C=O) groups is 2. The Hall–Kier alpha value is -4.65. The highest BCUT2D eigenvalue weighted by Gasteiger charge is 2.09. The average Bonchev–Trinajstić information content (AvgIpc) is 2.87. The number of aromatic carboxylic acids is 1. The topological polar surface area (TPSA) is 97.2 Å². The number of carboxylic acids is 1. The lowest BCUT2D eigenvalue weighted by Gasteiger charge is -2.11. The maximum absolute atomic E-state index is 12.6. The highest BCUT2D eigenvalue weighted by Crippen LogP contribution is 2.28. The summed E-state index contributed by atoms with van der Waals surface area (Å²) in [6.45, 7) is 0.255. The molecule has 0 aliphatic heterocycles. The Labute approximate surface area is 196 Å². The van der Waals surface area contributed by atoms with Gasteiger partial charge >= 0.3 is 5.97 Å². The summed E-state index contributed by atoms with van der Waals surface area (Å²) in [5.41, 5.74) is 4.88. The van der Waals surface area contributed by atoms with Crippen molar-refractivity contribution in [3.63, 3.8) is 0 Å². The van der Waals surface area contributed by atoms with Crippen LogP contribution in [0.2, 0.25) is 0 Å². The molecule has 0 spiro atoms. The van der Waals surface area contributed by atoms with E-state index in [1.807, 2.05) is 36.4 Å². The molecule has 0 saturated heterocycles. The van der Waals surface area contributed by atoms with Crippen molar-refractivity contribution in [2.45, 2.75) is 6.61 Å². The van der Waals surface area contributed by atoms with E-state index in [1.54, 1.807) is 36.4 Å². The van der Waals surface area contributed by atoms with E-state index in [2.05, 4.69) is 10.5 Å². The number of ether oxygens (including phenoxy) is 2. The summed E-state index contributed by atoms with van der Waals surface area (Å²) >= 11 is 0. The van der Waals surface area contributed by atoms with Crippen molar-refractivity contribution in [2.24, 2.45) is 5.10 Å². The number of hydrogen-bond donors (Lipinski definition) is 2. The van der Waals surface area contributed by atoms with Crippen LogP contribution in [-0.4, -0.2) is 30.3 Å². The van der Waals surface area contributed by atoms with E-state index in [4.69, 9.17) is 14.6 Å². The van der Waals surface area contributed by atoms with Gasteiger partial charge in [-0.2, -0.15) is 5.10 Å².